The van der Waals surface area contributed by atoms with Crippen molar-refractivity contribution < 1.29 is 9.13 Å². The lowest BCUT2D eigenvalue weighted by atomic mass is 9.85. The van der Waals surface area contributed by atoms with Crippen molar-refractivity contribution in [3.63, 3.8) is 0 Å². The topological polar surface area (TPSA) is 59.6 Å². The molecule has 0 unspecified atom stereocenters. The monoisotopic (exact) mass is 279 g/mol. The fraction of sp³-hybridized carbons (Fsp3) is 0.533. The van der Waals surface area contributed by atoms with E-state index in [9.17, 15) is 4.39 Å². The average molecular weight is 279 g/mol. The molecule has 20 heavy (non-hydrogen) atoms. The molecule has 0 bridgehead atoms. The number of hydrogen-bond donors (Lipinski definition) is 2. The molecular formula is C15H22FN3O. The number of hydrogen-bond acceptors (Lipinski definition) is 2. The van der Waals surface area contributed by atoms with Crippen LogP contribution in [0.15, 0.2) is 23.2 Å². The molecule has 0 saturated heterocycles. The summed E-state index contributed by atoms with van der Waals surface area (Å²) in [5, 5.41) is 3.13. The van der Waals surface area contributed by atoms with Crippen molar-refractivity contribution in [2.75, 3.05) is 13.7 Å². The summed E-state index contributed by atoms with van der Waals surface area (Å²) < 4.78 is 18.4. The second-order valence-electron chi connectivity index (χ2n) is 5.24. The Labute approximate surface area is 119 Å². The third-order valence-corrected chi connectivity index (χ3v) is 3.64. The van der Waals surface area contributed by atoms with Gasteiger partial charge in [0.05, 0.1) is 13.2 Å². The Morgan fingerprint density at radius 1 is 1.50 bits per heavy atom. The van der Waals surface area contributed by atoms with Crippen LogP contribution in [0, 0.1) is 11.7 Å². The van der Waals surface area contributed by atoms with Crippen molar-refractivity contribution >= 4 is 5.96 Å². The smallest absolute Gasteiger partial charge is 0.188 e. The van der Waals surface area contributed by atoms with Gasteiger partial charge in [0, 0.05) is 19.2 Å². The normalized spacial score (nSPS) is 16.0. The number of nitrogens with two attached hydrogens (primary N) is 1. The van der Waals surface area contributed by atoms with Crippen molar-refractivity contribution in [2.45, 2.75) is 32.4 Å². The maximum Gasteiger partial charge on any atom is 0.188 e. The quantitative estimate of drug-likeness (QED) is 0.620. The van der Waals surface area contributed by atoms with E-state index in [0.717, 1.165) is 18.0 Å². The summed E-state index contributed by atoms with van der Waals surface area (Å²) in [5.41, 5.74) is 7.28. The zero-order valence-corrected chi connectivity index (χ0v) is 11.9. The van der Waals surface area contributed by atoms with Crippen LogP contribution in [0.25, 0.3) is 0 Å². The van der Waals surface area contributed by atoms with Gasteiger partial charge >= 0.3 is 0 Å². The van der Waals surface area contributed by atoms with Crippen molar-refractivity contribution in [3.05, 3.63) is 35.1 Å². The lowest BCUT2D eigenvalue weighted by Gasteiger charge is -2.25. The number of halogens is 1. The van der Waals surface area contributed by atoms with Crippen LogP contribution in [0.2, 0.25) is 0 Å². The third kappa shape index (κ3) is 4.20. The fourth-order valence-electron chi connectivity index (χ4n) is 2.17. The van der Waals surface area contributed by atoms with Gasteiger partial charge in [0.2, 0.25) is 0 Å². The minimum absolute atomic E-state index is 0.254. The maximum atomic E-state index is 13.5. The van der Waals surface area contributed by atoms with E-state index in [1.807, 2.05) is 0 Å². The molecule has 0 radical (unpaired) electrons. The Kier molecular flexibility index (Phi) is 5.35. The molecule has 5 heteroatoms. The Morgan fingerprint density at radius 3 is 2.95 bits per heavy atom. The van der Waals surface area contributed by atoms with E-state index in [-0.39, 0.29) is 12.4 Å². The molecule has 1 aromatic carbocycles. The number of rotatable bonds is 6. The number of nitrogens with zero attached hydrogens (tertiary/aromatic N) is 1. The molecule has 3 N–H and O–H groups in total. The standard InChI is InChI=1S/C15H22FN3O/c1-20-10-13-7-12(5-6-14(13)16)9-19-15(17)18-8-11-3-2-4-11/h5-7,11H,2-4,8-10H2,1H3,(H3,17,18,19). The van der Waals surface area contributed by atoms with Crippen LogP contribution in [0.4, 0.5) is 4.39 Å². The summed E-state index contributed by atoms with van der Waals surface area (Å²) in [6, 6.07) is 4.93. The van der Waals surface area contributed by atoms with Crippen LogP contribution < -0.4 is 11.1 Å². The summed E-state index contributed by atoms with van der Waals surface area (Å²) in [6.45, 7) is 1.60. The number of nitrogens with one attached hydrogen (secondary N) is 1. The highest BCUT2D eigenvalue weighted by Crippen LogP contribution is 2.24. The van der Waals surface area contributed by atoms with Gasteiger partial charge in [0.15, 0.2) is 5.96 Å². The molecule has 1 aromatic rings. The van der Waals surface area contributed by atoms with E-state index in [4.69, 9.17) is 10.5 Å². The van der Waals surface area contributed by atoms with E-state index in [1.165, 1.54) is 25.3 Å². The highest BCUT2D eigenvalue weighted by molar-refractivity contribution is 5.77. The van der Waals surface area contributed by atoms with Gasteiger partial charge < -0.3 is 15.8 Å². The van der Waals surface area contributed by atoms with Crippen molar-refractivity contribution in [3.8, 4) is 0 Å². The lowest BCUT2D eigenvalue weighted by molar-refractivity contribution is 0.181. The third-order valence-electron chi connectivity index (χ3n) is 3.64. The SMILES string of the molecule is COCc1cc(CN=C(N)NCC2CCC2)ccc1F. The zero-order chi connectivity index (χ0) is 14.4. The Morgan fingerprint density at radius 2 is 2.30 bits per heavy atom. The largest absolute Gasteiger partial charge is 0.380 e. The second-order valence-corrected chi connectivity index (χ2v) is 5.24. The first-order valence-electron chi connectivity index (χ1n) is 6.99. The summed E-state index contributed by atoms with van der Waals surface area (Å²) in [7, 11) is 1.55. The molecule has 0 amide bonds. The lowest BCUT2D eigenvalue weighted by Crippen LogP contribution is -2.37. The molecule has 2 rings (SSSR count). The molecule has 0 aromatic heterocycles. The minimum atomic E-state index is -0.254. The van der Waals surface area contributed by atoms with Gasteiger partial charge in [0.25, 0.3) is 0 Å². The maximum absolute atomic E-state index is 13.5. The number of methoxy groups -OCH3 is 1. The summed E-state index contributed by atoms with van der Waals surface area (Å²) in [6.07, 6.45) is 3.87. The van der Waals surface area contributed by atoms with Gasteiger partial charge in [-0.1, -0.05) is 12.5 Å². The van der Waals surface area contributed by atoms with Gasteiger partial charge in [-0.3, -0.25) is 0 Å². The van der Waals surface area contributed by atoms with E-state index >= 15 is 0 Å². The Balaban J connectivity index is 1.86. The molecule has 110 valence electrons. The Hall–Kier alpha value is -1.62. The number of guanidine groups is 1. The molecule has 0 spiro atoms. The molecule has 0 heterocycles. The molecule has 4 nitrogen and oxygen atoms in total. The van der Waals surface area contributed by atoms with Crippen LogP contribution in [0.5, 0.6) is 0 Å². The van der Waals surface area contributed by atoms with Gasteiger partial charge in [0.1, 0.15) is 5.82 Å². The molecule has 0 atom stereocenters. The molecule has 1 saturated carbocycles. The number of benzene rings is 1. The van der Waals surface area contributed by atoms with Crippen LogP contribution in [0.1, 0.15) is 30.4 Å². The molecule has 1 aliphatic rings. The van der Waals surface area contributed by atoms with E-state index < -0.39 is 0 Å². The van der Waals surface area contributed by atoms with Crippen LogP contribution in [-0.2, 0) is 17.9 Å². The second kappa shape index (κ2) is 7.24. The molecule has 1 aliphatic carbocycles. The van der Waals surface area contributed by atoms with Crippen LogP contribution in [0.3, 0.4) is 0 Å². The minimum Gasteiger partial charge on any atom is -0.380 e. The molecular weight excluding hydrogens is 257 g/mol. The van der Waals surface area contributed by atoms with Gasteiger partial charge in [-0.25, -0.2) is 9.38 Å². The van der Waals surface area contributed by atoms with Crippen LogP contribution >= 0.6 is 0 Å². The van der Waals surface area contributed by atoms with Crippen molar-refractivity contribution in [1.82, 2.24) is 5.32 Å². The summed E-state index contributed by atoms with van der Waals surface area (Å²) >= 11 is 0. The highest BCUT2D eigenvalue weighted by Gasteiger charge is 2.16. The van der Waals surface area contributed by atoms with Crippen molar-refractivity contribution in [2.24, 2.45) is 16.6 Å². The summed E-state index contributed by atoms with van der Waals surface area (Å²) in [4.78, 5) is 4.28. The van der Waals surface area contributed by atoms with Gasteiger partial charge in [-0.05, 0) is 36.5 Å². The number of aliphatic imine (C=N–C) groups is 1. The first-order chi connectivity index (χ1) is 9.69. The van der Waals surface area contributed by atoms with Gasteiger partial charge in [-0.15, -0.1) is 0 Å². The first kappa shape index (κ1) is 14.8. The highest BCUT2D eigenvalue weighted by atomic mass is 19.1. The predicted octanol–water partition coefficient (Wildman–Crippen LogP) is 2.18. The predicted molar refractivity (Wildman–Crippen MR) is 77.8 cm³/mol. The van der Waals surface area contributed by atoms with Crippen LogP contribution in [-0.4, -0.2) is 19.6 Å². The van der Waals surface area contributed by atoms with E-state index in [1.54, 1.807) is 19.2 Å². The average Bonchev–Trinajstić information content (AvgIpc) is 2.38. The summed E-state index contributed by atoms with van der Waals surface area (Å²) in [5.74, 6) is 0.938. The van der Waals surface area contributed by atoms with E-state index in [2.05, 4.69) is 10.3 Å². The van der Waals surface area contributed by atoms with E-state index in [0.29, 0.717) is 18.1 Å². The zero-order valence-electron chi connectivity index (χ0n) is 11.9. The molecule has 0 aliphatic heterocycles. The molecule has 1 fully saturated rings. The van der Waals surface area contributed by atoms with Gasteiger partial charge in [-0.2, -0.15) is 0 Å². The van der Waals surface area contributed by atoms with Crippen molar-refractivity contribution in [1.29, 1.82) is 0 Å². The fourth-order valence-corrected chi connectivity index (χ4v) is 2.17. The first-order valence-corrected chi connectivity index (χ1v) is 6.99. The number of ether oxygens (including phenoxy) is 1. The Bertz CT molecular complexity index is 472.